The largest absolute Gasteiger partial charge is 0.378 e. The number of hydrogen-bond acceptors (Lipinski definition) is 5. The molecule has 7 nitrogen and oxygen atoms in total. The third kappa shape index (κ3) is 5.00. The molecular formula is C30H30N4O3. The highest BCUT2D eigenvalue weighted by molar-refractivity contribution is 5.98. The molecule has 188 valence electrons. The van der Waals surface area contributed by atoms with E-state index in [4.69, 9.17) is 9.72 Å². The topological polar surface area (TPSA) is 78.5 Å². The van der Waals surface area contributed by atoms with Gasteiger partial charge in [0.2, 0.25) is 0 Å². The third-order valence-corrected chi connectivity index (χ3v) is 7.28. The highest BCUT2D eigenvalue weighted by Gasteiger charge is 2.19. The Bertz CT molecular complexity index is 1410. The van der Waals surface area contributed by atoms with E-state index < -0.39 is 0 Å². The number of carbonyl (C=O) groups is 2. The van der Waals surface area contributed by atoms with Gasteiger partial charge in [-0.15, -0.1) is 0 Å². The van der Waals surface area contributed by atoms with Crippen molar-refractivity contribution in [2.75, 3.05) is 44.3 Å². The Labute approximate surface area is 216 Å². The lowest BCUT2D eigenvalue weighted by Gasteiger charge is -2.26. The second-order valence-electron chi connectivity index (χ2n) is 9.76. The Hall–Kier alpha value is -3.97. The summed E-state index contributed by atoms with van der Waals surface area (Å²) in [5.74, 6) is 0.869. The minimum absolute atomic E-state index is 0.0273. The number of morpholine rings is 1. The molecule has 0 atom stereocenters. The van der Waals surface area contributed by atoms with Gasteiger partial charge in [0.25, 0.3) is 5.91 Å². The van der Waals surface area contributed by atoms with Gasteiger partial charge in [-0.1, -0.05) is 18.2 Å². The van der Waals surface area contributed by atoms with Crippen LogP contribution in [-0.4, -0.2) is 66.0 Å². The number of imidazole rings is 1. The van der Waals surface area contributed by atoms with E-state index in [0.29, 0.717) is 38.3 Å². The van der Waals surface area contributed by atoms with Crippen LogP contribution in [0, 0.1) is 0 Å². The van der Waals surface area contributed by atoms with E-state index in [1.807, 2.05) is 59.5 Å². The molecule has 0 unspecified atom stereocenters. The normalized spacial score (nSPS) is 15.9. The van der Waals surface area contributed by atoms with Crippen molar-refractivity contribution < 1.29 is 14.3 Å². The maximum Gasteiger partial charge on any atom is 0.254 e. The summed E-state index contributed by atoms with van der Waals surface area (Å²) >= 11 is 0. The van der Waals surface area contributed by atoms with E-state index in [-0.39, 0.29) is 11.7 Å². The predicted molar refractivity (Wildman–Crippen MR) is 144 cm³/mol. The number of H-pyrrole nitrogens is 1. The number of aromatic amines is 1. The maximum absolute atomic E-state index is 12.9. The molecule has 2 aliphatic rings. The number of aromatic nitrogens is 2. The number of ketones is 1. The Morgan fingerprint density at radius 3 is 2.27 bits per heavy atom. The molecule has 1 N–H and O–H groups in total. The smallest absolute Gasteiger partial charge is 0.254 e. The molecule has 2 saturated heterocycles. The fourth-order valence-corrected chi connectivity index (χ4v) is 5.14. The van der Waals surface area contributed by atoms with Gasteiger partial charge in [-0.25, -0.2) is 4.98 Å². The van der Waals surface area contributed by atoms with Crippen LogP contribution in [0.5, 0.6) is 0 Å². The van der Waals surface area contributed by atoms with Crippen LogP contribution in [0.1, 0.15) is 39.1 Å². The lowest BCUT2D eigenvalue weighted by Crippen LogP contribution is -2.40. The number of hydrogen-bond donors (Lipinski definition) is 1. The average molecular weight is 495 g/mol. The highest BCUT2D eigenvalue weighted by atomic mass is 16.5. The molecule has 3 heterocycles. The van der Waals surface area contributed by atoms with Crippen molar-refractivity contribution in [1.82, 2.24) is 14.9 Å². The van der Waals surface area contributed by atoms with E-state index >= 15 is 0 Å². The molecule has 0 saturated carbocycles. The summed E-state index contributed by atoms with van der Waals surface area (Å²) < 4.78 is 5.34. The molecule has 2 aliphatic heterocycles. The second-order valence-corrected chi connectivity index (χ2v) is 9.76. The van der Waals surface area contributed by atoms with Crippen molar-refractivity contribution in [3.8, 4) is 11.4 Å². The van der Waals surface area contributed by atoms with Gasteiger partial charge in [0.05, 0.1) is 24.2 Å². The summed E-state index contributed by atoms with van der Waals surface area (Å²) in [6, 6.07) is 21.4. The molecule has 2 fully saturated rings. The predicted octanol–water partition coefficient (Wildman–Crippen LogP) is 4.73. The molecule has 0 bridgehead atoms. The summed E-state index contributed by atoms with van der Waals surface area (Å²) in [7, 11) is 0. The van der Waals surface area contributed by atoms with Crippen LogP contribution in [0.25, 0.3) is 22.4 Å². The zero-order valence-corrected chi connectivity index (χ0v) is 20.8. The lowest BCUT2D eigenvalue weighted by atomic mass is 10.0. The quantitative estimate of drug-likeness (QED) is 0.392. The van der Waals surface area contributed by atoms with Gasteiger partial charge in [0.1, 0.15) is 5.82 Å². The Morgan fingerprint density at radius 2 is 1.54 bits per heavy atom. The SMILES string of the molecule is O=C(Cc1ccc2nc(-c3ccc(C(=O)N4CCOCC4)cc3)[nH]c2c1)c1ccc(N2CCCC2)cc1. The average Bonchev–Trinajstić information content (AvgIpc) is 3.64. The number of nitrogens with one attached hydrogen (secondary N) is 1. The second kappa shape index (κ2) is 10.2. The van der Waals surface area contributed by atoms with Gasteiger partial charge >= 0.3 is 0 Å². The van der Waals surface area contributed by atoms with Crippen LogP contribution in [0.3, 0.4) is 0 Å². The van der Waals surface area contributed by atoms with Crippen LogP contribution in [0.15, 0.2) is 66.7 Å². The Balaban J connectivity index is 1.14. The van der Waals surface area contributed by atoms with E-state index in [2.05, 4.69) is 22.0 Å². The number of ether oxygens (including phenoxy) is 1. The van der Waals surface area contributed by atoms with E-state index in [1.54, 1.807) is 0 Å². The van der Waals surface area contributed by atoms with Crippen LogP contribution >= 0.6 is 0 Å². The third-order valence-electron chi connectivity index (χ3n) is 7.28. The van der Waals surface area contributed by atoms with Gasteiger partial charge in [-0.3, -0.25) is 9.59 Å². The molecule has 6 rings (SSSR count). The van der Waals surface area contributed by atoms with Gasteiger partial charge in [-0.2, -0.15) is 0 Å². The number of fused-ring (bicyclic) bond motifs is 1. The summed E-state index contributed by atoms with van der Waals surface area (Å²) in [5, 5.41) is 0. The molecule has 1 aromatic heterocycles. The van der Waals surface area contributed by atoms with Crippen LogP contribution in [0.2, 0.25) is 0 Å². The number of rotatable bonds is 6. The first kappa shape index (κ1) is 23.4. The van der Waals surface area contributed by atoms with Gasteiger partial charge in [0.15, 0.2) is 5.78 Å². The standard InChI is InChI=1S/C30H30N4O3/c35-28(22-8-10-25(11-9-22)33-13-1-2-14-33)20-21-3-12-26-27(19-21)32-29(31-26)23-4-6-24(7-5-23)30(36)34-15-17-37-18-16-34/h3-12,19H,1-2,13-18,20H2,(H,31,32). The fourth-order valence-electron chi connectivity index (χ4n) is 5.14. The summed E-state index contributed by atoms with van der Waals surface area (Å²) in [4.78, 5) is 37.9. The van der Waals surface area contributed by atoms with Crippen molar-refractivity contribution in [1.29, 1.82) is 0 Å². The van der Waals surface area contributed by atoms with Crippen LogP contribution in [-0.2, 0) is 11.2 Å². The van der Waals surface area contributed by atoms with Gasteiger partial charge < -0.3 is 19.5 Å². The van der Waals surface area contributed by atoms with Crippen molar-refractivity contribution >= 4 is 28.4 Å². The number of anilines is 1. The lowest BCUT2D eigenvalue weighted by molar-refractivity contribution is 0.0303. The zero-order valence-electron chi connectivity index (χ0n) is 20.8. The molecule has 0 aliphatic carbocycles. The molecule has 37 heavy (non-hydrogen) atoms. The highest BCUT2D eigenvalue weighted by Crippen LogP contribution is 2.24. The van der Waals surface area contributed by atoms with Crippen LogP contribution in [0.4, 0.5) is 5.69 Å². The van der Waals surface area contributed by atoms with E-state index in [9.17, 15) is 9.59 Å². The number of carbonyl (C=O) groups excluding carboxylic acids is 2. The van der Waals surface area contributed by atoms with Crippen molar-refractivity contribution in [3.63, 3.8) is 0 Å². The van der Waals surface area contributed by atoms with Crippen molar-refractivity contribution in [3.05, 3.63) is 83.4 Å². The van der Waals surface area contributed by atoms with Gasteiger partial charge in [-0.05, 0) is 66.9 Å². The van der Waals surface area contributed by atoms with E-state index in [1.165, 1.54) is 18.5 Å². The molecule has 7 heteroatoms. The summed E-state index contributed by atoms with van der Waals surface area (Å²) in [6.45, 7) is 4.60. The van der Waals surface area contributed by atoms with Crippen LogP contribution < -0.4 is 4.90 Å². The summed E-state index contributed by atoms with van der Waals surface area (Å²) in [6.07, 6.45) is 2.81. The first-order valence-corrected chi connectivity index (χ1v) is 13.0. The van der Waals surface area contributed by atoms with Gasteiger partial charge in [0, 0.05) is 55.0 Å². The molecule has 4 aromatic rings. The van der Waals surface area contributed by atoms with E-state index in [0.717, 1.165) is 46.6 Å². The number of amides is 1. The Kier molecular flexibility index (Phi) is 6.45. The van der Waals surface area contributed by atoms with Crippen molar-refractivity contribution in [2.45, 2.75) is 19.3 Å². The summed E-state index contributed by atoms with van der Waals surface area (Å²) in [5.41, 5.74) is 6.18. The maximum atomic E-state index is 12.9. The minimum atomic E-state index is 0.0273. The number of nitrogens with zero attached hydrogens (tertiary/aromatic N) is 3. The van der Waals surface area contributed by atoms with Crippen molar-refractivity contribution in [2.24, 2.45) is 0 Å². The zero-order chi connectivity index (χ0) is 25.2. The minimum Gasteiger partial charge on any atom is -0.378 e. The fraction of sp³-hybridized carbons (Fsp3) is 0.300. The molecule has 0 spiro atoms. The molecule has 1 amide bonds. The molecule has 0 radical (unpaired) electrons. The number of Topliss-reactive ketones (excluding diaryl/α,β-unsaturated/α-hetero) is 1. The monoisotopic (exact) mass is 494 g/mol. The first-order chi connectivity index (χ1) is 18.1. The Morgan fingerprint density at radius 1 is 0.838 bits per heavy atom. The first-order valence-electron chi connectivity index (χ1n) is 13.0. The number of benzene rings is 3. The molecule has 3 aromatic carbocycles. The molecular weight excluding hydrogens is 464 g/mol.